The first-order chi connectivity index (χ1) is 15.1. The molecule has 2 aromatic carbocycles. The minimum absolute atomic E-state index is 0.0785. The maximum absolute atomic E-state index is 12.5. The molecule has 0 saturated carbocycles. The first kappa shape index (κ1) is 22.6. The Kier molecular flexibility index (Phi) is 8.25. The van der Waals surface area contributed by atoms with E-state index in [0.717, 1.165) is 6.42 Å². The van der Waals surface area contributed by atoms with Gasteiger partial charge in [-0.25, -0.2) is 0 Å². The molecule has 0 fully saturated rings. The van der Waals surface area contributed by atoms with Crippen molar-refractivity contribution in [3.8, 4) is 11.5 Å². The molecule has 0 aliphatic heterocycles. The van der Waals surface area contributed by atoms with Crippen LogP contribution in [-0.2, 0) is 11.2 Å². The molecule has 0 radical (unpaired) electrons. The molecule has 8 nitrogen and oxygen atoms in total. The van der Waals surface area contributed by atoms with Crippen LogP contribution in [0.5, 0.6) is 11.5 Å². The first-order valence-electron chi connectivity index (χ1n) is 9.38. The van der Waals surface area contributed by atoms with Gasteiger partial charge < -0.3 is 14.8 Å². The van der Waals surface area contributed by atoms with Crippen LogP contribution in [0.15, 0.2) is 52.9 Å². The quantitative estimate of drug-likeness (QED) is 0.355. The number of nitrogens with one attached hydrogen (secondary N) is 2. The monoisotopic (exact) mass is 458 g/mol. The van der Waals surface area contributed by atoms with E-state index in [1.54, 1.807) is 18.2 Å². The van der Waals surface area contributed by atoms with Gasteiger partial charge in [-0.05, 0) is 24.1 Å². The molecule has 0 saturated heterocycles. The second kappa shape index (κ2) is 11.3. The van der Waals surface area contributed by atoms with Crippen LogP contribution in [0.3, 0.4) is 0 Å². The second-order valence-corrected chi connectivity index (χ2v) is 8.50. The number of carbonyl (C=O) groups is 2. The highest BCUT2D eigenvalue weighted by Gasteiger charge is 2.14. The van der Waals surface area contributed by atoms with Crippen molar-refractivity contribution in [2.45, 2.75) is 10.8 Å². The van der Waals surface area contributed by atoms with E-state index >= 15 is 0 Å². The Morgan fingerprint density at radius 2 is 1.74 bits per heavy atom. The number of hydrogen-bond donors (Lipinski definition) is 2. The highest BCUT2D eigenvalue weighted by molar-refractivity contribution is 8.01. The minimum Gasteiger partial charge on any atom is -0.497 e. The number of amides is 2. The molecule has 0 bridgehead atoms. The fourth-order valence-corrected chi connectivity index (χ4v) is 4.17. The first-order valence-corrected chi connectivity index (χ1v) is 11.2. The van der Waals surface area contributed by atoms with Gasteiger partial charge >= 0.3 is 0 Å². The van der Waals surface area contributed by atoms with Gasteiger partial charge in [0.2, 0.25) is 11.0 Å². The number of rotatable bonds is 10. The molecule has 3 aromatic rings. The minimum atomic E-state index is -0.358. The molecule has 0 spiro atoms. The average Bonchev–Trinajstić information content (AvgIpc) is 3.25. The lowest BCUT2D eigenvalue weighted by atomic mass is 10.1. The van der Waals surface area contributed by atoms with Crippen molar-refractivity contribution in [1.29, 1.82) is 0 Å². The number of thioether (sulfide) groups is 1. The Bertz CT molecular complexity index is 1000. The highest BCUT2D eigenvalue weighted by atomic mass is 32.2. The van der Waals surface area contributed by atoms with E-state index in [2.05, 4.69) is 20.8 Å². The van der Waals surface area contributed by atoms with E-state index in [9.17, 15) is 9.59 Å². The normalized spacial score (nSPS) is 10.4. The summed E-state index contributed by atoms with van der Waals surface area (Å²) in [4.78, 5) is 24.5. The second-order valence-electron chi connectivity index (χ2n) is 6.30. The van der Waals surface area contributed by atoms with E-state index < -0.39 is 0 Å². The summed E-state index contributed by atoms with van der Waals surface area (Å²) in [7, 11) is 3.03. The van der Waals surface area contributed by atoms with Gasteiger partial charge in [-0.15, -0.1) is 10.2 Å². The van der Waals surface area contributed by atoms with Crippen LogP contribution in [0.25, 0.3) is 0 Å². The molecule has 1 heterocycles. The highest BCUT2D eigenvalue weighted by Crippen LogP contribution is 2.27. The van der Waals surface area contributed by atoms with Gasteiger partial charge in [0.1, 0.15) is 11.5 Å². The maximum Gasteiger partial charge on any atom is 0.257 e. The van der Waals surface area contributed by atoms with E-state index in [1.165, 1.54) is 42.9 Å². The topological polar surface area (TPSA) is 102 Å². The van der Waals surface area contributed by atoms with Crippen LogP contribution in [0.1, 0.15) is 15.9 Å². The number of carbonyl (C=O) groups excluding carboxylic acids is 2. The Morgan fingerprint density at radius 1 is 1.03 bits per heavy atom. The summed E-state index contributed by atoms with van der Waals surface area (Å²) >= 11 is 2.48. The average molecular weight is 459 g/mol. The summed E-state index contributed by atoms with van der Waals surface area (Å²) in [6.45, 7) is 0.574. The van der Waals surface area contributed by atoms with Crippen LogP contribution in [0, 0.1) is 0 Å². The van der Waals surface area contributed by atoms with Crippen molar-refractivity contribution in [2.24, 2.45) is 0 Å². The van der Waals surface area contributed by atoms with Gasteiger partial charge in [0.25, 0.3) is 5.91 Å². The Labute approximate surface area is 188 Å². The zero-order valence-electron chi connectivity index (χ0n) is 17.1. The lowest BCUT2D eigenvalue weighted by molar-refractivity contribution is -0.118. The van der Waals surface area contributed by atoms with Gasteiger partial charge in [0, 0.05) is 18.2 Å². The number of benzene rings is 2. The van der Waals surface area contributed by atoms with Gasteiger partial charge in [-0.3, -0.25) is 14.9 Å². The van der Waals surface area contributed by atoms with Crippen molar-refractivity contribution in [1.82, 2.24) is 15.5 Å². The number of nitrogens with zero attached hydrogens (tertiary/aromatic N) is 2. The lowest BCUT2D eigenvalue weighted by Gasteiger charge is -2.07. The summed E-state index contributed by atoms with van der Waals surface area (Å²) in [6, 6.07) is 14.9. The molecule has 0 aliphatic rings. The van der Waals surface area contributed by atoms with Crippen molar-refractivity contribution < 1.29 is 19.1 Å². The van der Waals surface area contributed by atoms with E-state index in [0.29, 0.717) is 33.1 Å². The standard InChI is InChI=1S/C21H22N4O4S2/c1-28-16-10-15(11-17(12-16)29-2)19(27)23-20-24-25-21(31-20)30-13-18(26)22-9-8-14-6-4-3-5-7-14/h3-7,10-12H,8-9,13H2,1-2H3,(H,22,26)(H,23,24,27). The molecular weight excluding hydrogens is 436 g/mol. The fourth-order valence-electron chi connectivity index (χ4n) is 2.60. The smallest absolute Gasteiger partial charge is 0.257 e. The third-order valence-electron chi connectivity index (χ3n) is 4.15. The number of methoxy groups -OCH3 is 2. The largest absolute Gasteiger partial charge is 0.497 e. The zero-order chi connectivity index (χ0) is 22.1. The Balaban J connectivity index is 1.46. The van der Waals surface area contributed by atoms with E-state index in [-0.39, 0.29) is 17.6 Å². The van der Waals surface area contributed by atoms with Crippen LogP contribution >= 0.6 is 23.1 Å². The van der Waals surface area contributed by atoms with E-state index in [1.807, 2.05) is 30.3 Å². The predicted octanol–water partition coefficient (Wildman–Crippen LogP) is 3.26. The maximum atomic E-state index is 12.5. The van der Waals surface area contributed by atoms with E-state index in [4.69, 9.17) is 9.47 Å². The van der Waals surface area contributed by atoms with Crippen LogP contribution in [0.2, 0.25) is 0 Å². The molecule has 3 rings (SSSR count). The molecule has 31 heavy (non-hydrogen) atoms. The molecule has 2 amide bonds. The molecule has 1 aromatic heterocycles. The lowest BCUT2D eigenvalue weighted by Crippen LogP contribution is -2.27. The predicted molar refractivity (Wildman–Crippen MR) is 121 cm³/mol. The molecule has 0 aliphatic carbocycles. The third-order valence-corrected chi connectivity index (χ3v) is 6.12. The number of hydrogen-bond acceptors (Lipinski definition) is 8. The van der Waals surface area contributed by atoms with Crippen LogP contribution in [0.4, 0.5) is 5.13 Å². The molecule has 10 heteroatoms. The van der Waals surface area contributed by atoms with Gasteiger partial charge in [-0.1, -0.05) is 53.4 Å². The molecular formula is C21H22N4O4S2. The zero-order valence-corrected chi connectivity index (χ0v) is 18.7. The number of aromatic nitrogens is 2. The summed E-state index contributed by atoms with van der Waals surface area (Å²) in [5.41, 5.74) is 1.55. The van der Waals surface area contributed by atoms with Crippen molar-refractivity contribution in [3.05, 3.63) is 59.7 Å². The summed E-state index contributed by atoms with van der Waals surface area (Å²) in [5, 5.41) is 13.9. The Hall–Kier alpha value is -3.11. The summed E-state index contributed by atoms with van der Waals surface area (Å²) in [6.07, 6.45) is 0.779. The van der Waals surface area contributed by atoms with Gasteiger partial charge in [0.05, 0.1) is 20.0 Å². The SMILES string of the molecule is COc1cc(OC)cc(C(=O)Nc2nnc(SCC(=O)NCCc3ccccc3)s2)c1. The van der Waals surface area contributed by atoms with Crippen LogP contribution in [-0.4, -0.2) is 48.5 Å². The fraction of sp³-hybridized carbons (Fsp3) is 0.238. The van der Waals surface area contributed by atoms with Crippen molar-refractivity contribution >= 4 is 40.0 Å². The van der Waals surface area contributed by atoms with Crippen molar-refractivity contribution in [2.75, 3.05) is 31.8 Å². The molecule has 0 unspecified atom stereocenters. The number of ether oxygens (including phenoxy) is 2. The molecule has 0 atom stereocenters. The van der Waals surface area contributed by atoms with Crippen LogP contribution < -0.4 is 20.1 Å². The third kappa shape index (κ3) is 6.97. The number of anilines is 1. The van der Waals surface area contributed by atoms with Crippen molar-refractivity contribution in [3.63, 3.8) is 0 Å². The summed E-state index contributed by atoms with van der Waals surface area (Å²) < 4.78 is 11.0. The van der Waals surface area contributed by atoms with Gasteiger partial charge in [0.15, 0.2) is 4.34 Å². The van der Waals surface area contributed by atoms with Gasteiger partial charge in [-0.2, -0.15) is 0 Å². The summed E-state index contributed by atoms with van der Waals surface area (Å²) in [5.74, 6) is 0.811. The Morgan fingerprint density at radius 3 is 2.42 bits per heavy atom. The molecule has 2 N–H and O–H groups in total. The molecule has 162 valence electrons.